The number of hydrogen-bond acceptors (Lipinski definition) is 6. The molecule has 7 nitrogen and oxygen atoms in total. The van der Waals surface area contributed by atoms with Gasteiger partial charge < -0.3 is 10.2 Å². The van der Waals surface area contributed by atoms with Crippen LogP contribution in [0.25, 0.3) is 17.1 Å². The monoisotopic (exact) mass is 498 g/mol. The molecule has 8 heteroatoms. The highest BCUT2D eigenvalue weighted by atomic mass is 32.2. The third-order valence-electron chi connectivity index (χ3n) is 6.31. The minimum absolute atomic E-state index is 0.0801. The zero-order valence-electron chi connectivity index (χ0n) is 20.6. The molecule has 1 saturated heterocycles. The number of para-hydroxylation sites is 1. The van der Waals surface area contributed by atoms with E-state index in [0.29, 0.717) is 16.9 Å². The van der Waals surface area contributed by atoms with E-state index in [1.807, 2.05) is 41.0 Å². The minimum Gasteiger partial charge on any atom is -0.372 e. The smallest absolute Gasteiger partial charge is 0.234 e. The van der Waals surface area contributed by atoms with E-state index in [0.717, 1.165) is 30.0 Å². The van der Waals surface area contributed by atoms with Gasteiger partial charge in [0.2, 0.25) is 5.91 Å². The van der Waals surface area contributed by atoms with Crippen molar-refractivity contribution >= 4 is 29.0 Å². The minimum atomic E-state index is -0.0801. The molecule has 1 aliphatic heterocycles. The number of rotatable bonds is 8. The van der Waals surface area contributed by atoms with Gasteiger partial charge in [-0.15, -0.1) is 10.2 Å². The topological polar surface area (TPSA) is 75.9 Å². The average molecular weight is 499 g/mol. The molecule has 5 rings (SSSR count). The van der Waals surface area contributed by atoms with Gasteiger partial charge in [-0.3, -0.25) is 14.3 Å². The molecule has 2 aromatic heterocycles. The first-order valence-corrected chi connectivity index (χ1v) is 13.3. The van der Waals surface area contributed by atoms with Crippen LogP contribution >= 0.6 is 11.8 Å². The van der Waals surface area contributed by atoms with Crippen molar-refractivity contribution in [3.05, 3.63) is 78.6 Å². The molecule has 0 saturated carbocycles. The first-order chi connectivity index (χ1) is 17.6. The number of hydrogen-bond donors (Lipinski definition) is 1. The number of amides is 1. The molecule has 2 aromatic carbocycles. The maximum atomic E-state index is 12.8. The molecule has 3 heterocycles. The number of nitrogens with zero attached hydrogens (tertiary/aromatic N) is 5. The quantitative estimate of drug-likeness (QED) is 0.310. The molecule has 0 bridgehead atoms. The van der Waals surface area contributed by atoms with E-state index in [4.69, 9.17) is 0 Å². The van der Waals surface area contributed by atoms with Crippen molar-refractivity contribution in [2.75, 3.05) is 29.1 Å². The van der Waals surface area contributed by atoms with E-state index < -0.39 is 0 Å². The van der Waals surface area contributed by atoms with Gasteiger partial charge in [-0.1, -0.05) is 43.8 Å². The summed E-state index contributed by atoms with van der Waals surface area (Å²) in [7, 11) is 0. The van der Waals surface area contributed by atoms with Crippen molar-refractivity contribution in [1.82, 2.24) is 19.7 Å². The van der Waals surface area contributed by atoms with E-state index in [1.54, 1.807) is 12.4 Å². The number of carbonyl (C=O) groups is 1. The fraction of sp³-hybridized carbons (Fsp3) is 0.286. The predicted molar refractivity (Wildman–Crippen MR) is 146 cm³/mol. The predicted octanol–water partition coefficient (Wildman–Crippen LogP) is 5.78. The van der Waals surface area contributed by atoms with Crippen molar-refractivity contribution in [2.24, 2.45) is 0 Å². The van der Waals surface area contributed by atoms with Crippen LogP contribution in [0.3, 0.4) is 0 Å². The van der Waals surface area contributed by atoms with Gasteiger partial charge in [-0.2, -0.15) is 0 Å². The SMILES string of the molecule is CC(C)c1ccccc1-n1c(SCC(=O)Nc2ccc(N3CCCC3)cc2)nnc1-c1cccnc1. The van der Waals surface area contributed by atoms with Gasteiger partial charge in [-0.25, -0.2) is 0 Å². The number of nitrogens with one attached hydrogen (secondary N) is 1. The second-order valence-corrected chi connectivity index (χ2v) is 10.1. The summed E-state index contributed by atoms with van der Waals surface area (Å²) >= 11 is 1.38. The normalized spacial score (nSPS) is 13.4. The van der Waals surface area contributed by atoms with Crippen LogP contribution in [0.4, 0.5) is 11.4 Å². The molecule has 1 aliphatic rings. The highest BCUT2D eigenvalue weighted by molar-refractivity contribution is 7.99. The van der Waals surface area contributed by atoms with E-state index >= 15 is 0 Å². The van der Waals surface area contributed by atoms with E-state index in [9.17, 15) is 4.79 Å². The van der Waals surface area contributed by atoms with Crippen LogP contribution in [0, 0.1) is 0 Å². The Bertz CT molecular complexity index is 1310. The van der Waals surface area contributed by atoms with Gasteiger partial charge in [-0.05, 0) is 66.8 Å². The van der Waals surface area contributed by atoms with Crippen LogP contribution < -0.4 is 10.2 Å². The summed E-state index contributed by atoms with van der Waals surface area (Å²) in [4.78, 5) is 19.5. The lowest BCUT2D eigenvalue weighted by atomic mass is 10.0. The van der Waals surface area contributed by atoms with Crippen LogP contribution in [0.2, 0.25) is 0 Å². The zero-order valence-corrected chi connectivity index (χ0v) is 21.4. The summed E-state index contributed by atoms with van der Waals surface area (Å²) in [5.41, 5.74) is 5.08. The Morgan fingerprint density at radius 1 is 1.00 bits per heavy atom. The van der Waals surface area contributed by atoms with Gasteiger partial charge in [0.05, 0.1) is 11.4 Å². The van der Waals surface area contributed by atoms with Crippen LogP contribution in [-0.4, -0.2) is 44.5 Å². The van der Waals surface area contributed by atoms with E-state index in [1.165, 1.54) is 35.9 Å². The van der Waals surface area contributed by atoms with Crippen LogP contribution in [-0.2, 0) is 4.79 Å². The second kappa shape index (κ2) is 11.0. The summed E-state index contributed by atoms with van der Waals surface area (Å²) < 4.78 is 2.04. The average Bonchev–Trinajstić information content (AvgIpc) is 3.59. The Morgan fingerprint density at radius 3 is 2.50 bits per heavy atom. The van der Waals surface area contributed by atoms with E-state index in [-0.39, 0.29) is 11.7 Å². The van der Waals surface area contributed by atoms with E-state index in [2.05, 4.69) is 63.5 Å². The number of pyridine rings is 1. The van der Waals surface area contributed by atoms with Gasteiger partial charge in [0.1, 0.15) is 0 Å². The molecule has 36 heavy (non-hydrogen) atoms. The maximum absolute atomic E-state index is 12.8. The summed E-state index contributed by atoms with van der Waals surface area (Å²) in [5.74, 6) is 1.17. The molecular formula is C28H30N6OS. The Kier molecular flexibility index (Phi) is 7.32. The van der Waals surface area contributed by atoms with Crippen molar-refractivity contribution in [2.45, 2.75) is 37.8 Å². The molecule has 0 aliphatic carbocycles. The molecule has 1 N–H and O–H groups in total. The summed E-state index contributed by atoms with van der Waals surface area (Å²) in [6, 6.07) is 20.2. The number of benzene rings is 2. The lowest BCUT2D eigenvalue weighted by molar-refractivity contribution is -0.113. The molecule has 0 unspecified atom stereocenters. The van der Waals surface area contributed by atoms with Gasteiger partial charge in [0, 0.05) is 42.4 Å². The molecule has 0 radical (unpaired) electrons. The summed E-state index contributed by atoms with van der Waals surface area (Å²) in [5, 5.41) is 12.6. The molecule has 1 fully saturated rings. The first-order valence-electron chi connectivity index (χ1n) is 12.3. The third-order valence-corrected chi connectivity index (χ3v) is 7.24. The highest BCUT2D eigenvalue weighted by Crippen LogP contribution is 2.32. The Labute approximate surface area is 216 Å². The third kappa shape index (κ3) is 5.28. The van der Waals surface area contributed by atoms with Crippen molar-refractivity contribution in [3.8, 4) is 17.1 Å². The lowest BCUT2D eigenvalue weighted by Crippen LogP contribution is -2.18. The van der Waals surface area contributed by atoms with Crippen molar-refractivity contribution in [3.63, 3.8) is 0 Å². The fourth-order valence-electron chi connectivity index (χ4n) is 4.50. The Balaban J connectivity index is 1.35. The summed E-state index contributed by atoms with van der Waals surface area (Å²) in [6.07, 6.45) is 6.00. The molecular weight excluding hydrogens is 468 g/mol. The highest BCUT2D eigenvalue weighted by Gasteiger charge is 2.20. The molecule has 184 valence electrons. The van der Waals surface area contributed by atoms with Crippen molar-refractivity contribution in [1.29, 1.82) is 0 Å². The number of aromatic nitrogens is 4. The lowest BCUT2D eigenvalue weighted by Gasteiger charge is -2.18. The molecule has 4 aromatic rings. The fourth-order valence-corrected chi connectivity index (χ4v) is 5.24. The van der Waals surface area contributed by atoms with Crippen molar-refractivity contribution < 1.29 is 4.79 Å². The number of anilines is 2. The zero-order chi connectivity index (χ0) is 24.9. The summed E-state index contributed by atoms with van der Waals surface area (Å²) in [6.45, 7) is 6.54. The maximum Gasteiger partial charge on any atom is 0.234 e. The first kappa shape index (κ1) is 24.1. The Hall–Kier alpha value is -3.65. The molecule has 0 atom stereocenters. The van der Waals surface area contributed by atoms with Gasteiger partial charge in [0.15, 0.2) is 11.0 Å². The molecule has 0 spiro atoms. The van der Waals surface area contributed by atoms with Gasteiger partial charge >= 0.3 is 0 Å². The van der Waals surface area contributed by atoms with Crippen LogP contribution in [0.1, 0.15) is 38.2 Å². The Morgan fingerprint density at radius 2 is 1.78 bits per heavy atom. The van der Waals surface area contributed by atoms with Crippen LogP contribution in [0.15, 0.2) is 78.2 Å². The largest absolute Gasteiger partial charge is 0.372 e. The number of thioether (sulfide) groups is 1. The van der Waals surface area contributed by atoms with Crippen LogP contribution in [0.5, 0.6) is 0 Å². The standard InChI is InChI=1S/C28H30N6OS/c1-20(2)24-9-3-4-10-25(24)34-27(21-8-7-15-29-18-21)31-32-28(34)36-19-26(35)30-22-11-13-23(14-12-22)33-16-5-6-17-33/h3-4,7-15,18,20H,5-6,16-17,19H2,1-2H3,(H,30,35). The van der Waals surface area contributed by atoms with Gasteiger partial charge in [0.25, 0.3) is 0 Å². The number of carbonyl (C=O) groups excluding carboxylic acids is 1. The second-order valence-electron chi connectivity index (χ2n) is 9.17. The molecule has 1 amide bonds.